The number of nitrogens with two attached hydrogens (primary N) is 1. The number of amides is 1. The van der Waals surface area contributed by atoms with E-state index in [0.29, 0.717) is 6.54 Å². The van der Waals surface area contributed by atoms with Crippen molar-refractivity contribution in [1.82, 2.24) is 0 Å². The van der Waals surface area contributed by atoms with E-state index in [-0.39, 0.29) is 11.9 Å². The van der Waals surface area contributed by atoms with E-state index in [1.54, 1.807) is 0 Å². The number of rotatable bonds is 5. The second kappa shape index (κ2) is 7.07. The molecule has 3 aromatic rings. The predicted octanol–water partition coefficient (Wildman–Crippen LogP) is 3.10. The van der Waals surface area contributed by atoms with Gasteiger partial charge in [0.2, 0.25) is 0 Å². The quantitative estimate of drug-likeness (QED) is 0.747. The highest BCUT2D eigenvalue weighted by atomic mass is 16.1. The summed E-state index contributed by atoms with van der Waals surface area (Å²) >= 11 is 0. The number of hydrogen-bond donors (Lipinski definition) is 2. The number of carbonyl (C=O) groups is 1. The molecule has 3 N–H and O–H groups in total. The van der Waals surface area contributed by atoms with Gasteiger partial charge in [-0.1, -0.05) is 66.7 Å². The number of carbonyl (C=O) groups excluding carboxylic acids is 1. The van der Waals surface area contributed by atoms with Crippen molar-refractivity contribution in [3.63, 3.8) is 0 Å². The van der Waals surface area contributed by atoms with Gasteiger partial charge in [-0.3, -0.25) is 4.79 Å². The van der Waals surface area contributed by atoms with E-state index >= 15 is 0 Å². The first-order chi connectivity index (χ1) is 11.2. The number of nitrogens with one attached hydrogen (secondary N) is 1. The summed E-state index contributed by atoms with van der Waals surface area (Å²) in [5.41, 5.74) is 2.10. The Balaban J connectivity index is 1.63. The third-order valence-corrected chi connectivity index (χ3v) is 4.05. The molecule has 3 nitrogen and oxygen atoms in total. The van der Waals surface area contributed by atoms with Crippen molar-refractivity contribution >= 4 is 22.4 Å². The van der Waals surface area contributed by atoms with E-state index in [9.17, 15) is 4.79 Å². The summed E-state index contributed by atoms with van der Waals surface area (Å²) in [5, 5.41) is 7.27. The van der Waals surface area contributed by atoms with Crippen LogP contribution >= 0.6 is 0 Å². The summed E-state index contributed by atoms with van der Waals surface area (Å²) < 4.78 is 0. The Kier molecular flexibility index (Phi) is 4.69. The monoisotopic (exact) mass is 305 g/mol. The van der Waals surface area contributed by atoms with Gasteiger partial charge in [0, 0.05) is 16.6 Å². The molecule has 3 rings (SSSR count). The van der Waals surface area contributed by atoms with Crippen LogP contribution in [-0.4, -0.2) is 12.5 Å². The first kappa shape index (κ1) is 15.3. The summed E-state index contributed by atoms with van der Waals surface area (Å²) in [4.78, 5) is 12.2. The molecule has 0 heterocycles. The number of benzene rings is 3. The lowest BCUT2D eigenvalue weighted by Gasteiger charge is -2.12. The van der Waals surface area contributed by atoms with Crippen LogP contribution in [0.3, 0.4) is 0 Å². The van der Waals surface area contributed by atoms with Crippen LogP contribution in [0.2, 0.25) is 0 Å². The van der Waals surface area contributed by atoms with Crippen molar-refractivity contribution < 1.29 is 10.1 Å². The summed E-state index contributed by atoms with van der Waals surface area (Å²) in [6.07, 6.45) is 0. The average molecular weight is 305 g/mol. The van der Waals surface area contributed by atoms with Gasteiger partial charge in [-0.2, -0.15) is 0 Å². The normalized spacial score (nSPS) is 12.0. The zero-order valence-electron chi connectivity index (χ0n) is 13.2. The molecule has 3 heteroatoms. The molecule has 0 unspecified atom stereocenters. The SMILES string of the molecule is C[C@@H]([NH2+]CC(=O)Nc1cccc2ccccc12)c1ccccc1. The van der Waals surface area contributed by atoms with Gasteiger partial charge in [0.1, 0.15) is 6.04 Å². The van der Waals surface area contributed by atoms with E-state index in [1.165, 1.54) is 5.56 Å². The minimum Gasteiger partial charge on any atom is -0.333 e. The fraction of sp³-hybridized carbons (Fsp3) is 0.150. The van der Waals surface area contributed by atoms with Gasteiger partial charge in [0.05, 0.1) is 0 Å². The van der Waals surface area contributed by atoms with Gasteiger partial charge in [-0.25, -0.2) is 0 Å². The Morgan fingerprint density at radius 2 is 1.65 bits per heavy atom. The van der Waals surface area contributed by atoms with Crippen molar-refractivity contribution in [1.29, 1.82) is 0 Å². The molecular formula is C20H21N2O+. The third-order valence-electron chi connectivity index (χ3n) is 4.05. The molecule has 0 saturated carbocycles. The van der Waals surface area contributed by atoms with Gasteiger partial charge in [0.15, 0.2) is 6.54 Å². The fourth-order valence-corrected chi connectivity index (χ4v) is 2.71. The molecule has 0 aliphatic rings. The molecule has 1 atom stereocenters. The molecular weight excluding hydrogens is 284 g/mol. The van der Waals surface area contributed by atoms with Gasteiger partial charge < -0.3 is 10.6 Å². The predicted molar refractivity (Wildman–Crippen MR) is 94.2 cm³/mol. The second-order valence-corrected chi connectivity index (χ2v) is 5.71. The summed E-state index contributed by atoms with van der Waals surface area (Å²) in [7, 11) is 0. The van der Waals surface area contributed by atoms with Crippen molar-refractivity contribution in [2.24, 2.45) is 0 Å². The van der Waals surface area contributed by atoms with Crippen LogP contribution < -0.4 is 10.6 Å². The first-order valence-corrected chi connectivity index (χ1v) is 7.90. The van der Waals surface area contributed by atoms with Crippen LogP contribution in [0.4, 0.5) is 5.69 Å². The Morgan fingerprint density at radius 1 is 0.957 bits per heavy atom. The van der Waals surface area contributed by atoms with Gasteiger partial charge >= 0.3 is 0 Å². The number of hydrogen-bond acceptors (Lipinski definition) is 1. The number of fused-ring (bicyclic) bond motifs is 1. The molecule has 116 valence electrons. The lowest BCUT2D eigenvalue weighted by atomic mass is 10.1. The largest absolute Gasteiger partial charge is 0.333 e. The maximum Gasteiger partial charge on any atom is 0.279 e. The molecule has 3 aromatic carbocycles. The van der Waals surface area contributed by atoms with Crippen LogP contribution in [0, 0.1) is 0 Å². The van der Waals surface area contributed by atoms with E-state index in [4.69, 9.17) is 0 Å². The van der Waals surface area contributed by atoms with Crippen LogP contribution in [0.1, 0.15) is 18.5 Å². The van der Waals surface area contributed by atoms with Crippen LogP contribution in [0.15, 0.2) is 72.8 Å². The van der Waals surface area contributed by atoms with Gasteiger partial charge in [0.25, 0.3) is 5.91 Å². The topological polar surface area (TPSA) is 45.7 Å². The summed E-state index contributed by atoms with van der Waals surface area (Å²) in [6.45, 7) is 2.51. The van der Waals surface area contributed by atoms with Crippen molar-refractivity contribution in [2.75, 3.05) is 11.9 Å². The lowest BCUT2D eigenvalue weighted by molar-refractivity contribution is -0.682. The average Bonchev–Trinajstić information content (AvgIpc) is 2.61. The minimum atomic E-state index is 0.0177. The Hall–Kier alpha value is -2.65. The van der Waals surface area contributed by atoms with Gasteiger partial charge in [-0.05, 0) is 18.4 Å². The van der Waals surface area contributed by atoms with Crippen LogP contribution in [-0.2, 0) is 4.79 Å². The Labute approximate surface area is 136 Å². The van der Waals surface area contributed by atoms with E-state index in [2.05, 4.69) is 41.8 Å². The Bertz CT molecular complexity index is 794. The molecule has 0 aliphatic heterocycles. The molecule has 0 bridgehead atoms. The highest BCUT2D eigenvalue weighted by Gasteiger charge is 2.12. The molecule has 0 radical (unpaired) electrons. The second-order valence-electron chi connectivity index (χ2n) is 5.71. The highest BCUT2D eigenvalue weighted by molar-refractivity contribution is 6.02. The van der Waals surface area contributed by atoms with Crippen LogP contribution in [0.25, 0.3) is 10.8 Å². The van der Waals surface area contributed by atoms with Crippen molar-refractivity contribution in [3.8, 4) is 0 Å². The van der Waals surface area contributed by atoms with Crippen LogP contribution in [0.5, 0.6) is 0 Å². The lowest BCUT2D eigenvalue weighted by Crippen LogP contribution is -2.86. The van der Waals surface area contributed by atoms with Gasteiger partial charge in [-0.15, -0.1) is 0 Å². The number of anilines is 1. The smallest absolute Gasteiger partial charge is 0.279 e. The summed E-state index contributed by atoms with van der Waals surface area (Å²) in [6, 6.07) is 24.5. The standard InChI is InChI=1S/C20H20N2O/c1-15(16-8-3-2-4-9-16)21-14-20(23)22-19-13-7-11-17-10-5-6-12-18(17)19/h2-13,15,21H,14H2,1H3,(H,22,23)/p+1/t15-/m1/s1. The zero-order chi connectivity index (χ0) is 16.1. The first-order valence-electron chi connectivity index (χ1n) is 7.90. The zero-order valence-corrected chi connectivity index (χ0v) is 13.2. The summed E-state index contributed by atoms with van der Waals surface area (Å²) in [5.74, 6) is 0.0177. The highest BCUT2D eigenvalue weighted by Crippen LogP contribution is 2.22. The molecule has 0 aromatic heterocycles. The number of quaternary nitrogens is 1. The minimum absolute atomic E-state index is 0.0177. The molecule has 0 aliphatic carbocycles. The van der Waals surface area contributed by atoms with Crippen molar-refractivity contribution in [3.05, 3.63) is 78.4 Å². The third kappa shape index (κ3) is 3.76. The van der Waals surface area contributed by atoms with Crippen molar-refractivity contribution in [2.45, 2.75) is 13.0 Å². The molecule has 0 fully saturated rings. The van der Waals surface area contributed by atoms with E-state index in [1.807, 2.05) is 48.5 Å². The van der Waals surface area contributed by atoms with E-state index in [0.717, 1.165) is 16.5 Å². The maximum absolute atomic E-state index is 12.2. The van der Waals surface area contributed by atoms with E-state index < -0.39 is 0 Å². The fourth-order valence-electron chi connectivity index (χ4n) is 2.71. The Morgan fingerprint density at radius 3 is 2.48 bits per heavy atom. The maximum atomic E-state index is 12.2. The molecule has 0 saturated heterocycles. The molecule has 23 heavy (non-hydrogen) atoms. The molecule has 0 spiro atoms. The molecule has 1 amide bonds.